The fourth-order valence-electron chi connectivity index (χ4n) is 2.50. The largest absolute Gasteiger partial charge is 0.454 e. The number of halogens is 1. The lowest BCUT2D eigenvalue weighted by atomic mass is 9.99. The molecule has 2 aromatic rings. The Bertz CT molecular complexity index is 847. The Balaban J connectivity index is 1.68. The van der Waals surface area contributed by atoms with Gasteiger partial charge in [0.1, 0.15) is 5.82 Å². The second-order valence-corrected chi connectivity index (χ2v) is 5.52. The molecule has 0 bridgehead atoms. The van der Waals surface area contributed by atoms with Crippen LogP contribution in [-0.4, -0.2) is 24.3 Å². The maximum Gasteiger partial charge on any atom is 0.338 e. The number of carbonyl (C=O) groups is 3. The highest BCUT2D eigenvalue weighted by molar-refractivity contribution is 6.05. The molecule has 1 atom stereocenters. The van der Waals surface area contributed by atoms with Gasteiger partial charge in [0.15, 0.2) is 12.4 Å². The van der Waals surface area contributed by atoms with Gasteiger partial charge in [-0.05, 0) is 48.9 Å². The maximum atomic E-state index is 13.1. The predicted octanol–water partition coefficient (Wildman–Crippen LogP) is 2.92. The normalized spacial score (nSPS) is 15.6. The molecule has 1 N–H and O–H groups in total. The molecule has 0 spiro atoms. The van der Waals surface area contributed by atoms with Crippen LogP contribution in [0.1, 0.15) is 39.1 Å². The summed E-state index contributed by atoms with van der Waals surface area (Å²) in [5.74, 6) is -2.17. The minimum absolute atomic E-state index is 0.0418. The van der Waals surface area contributed by atoms with Crippen LogP contribution in [0.2, 0.25) is 0 Å². The van der Waals surface area contributed by atoms with Crippen LogP contribution >= 0.6 is 0 Å². The summed E-state index contributed by atoms with van der Waals surface area (Å²) in [6.45, 7) is 1.29. The molecule has 122 valence electrons. The molecule has 1 heterocycles. The number of carbonyl (C=O) groups excluding carboxylic acids is 3. The molecule has 1 aliphatic heterocycles. The second kappa shape index (κ2) is 6.23. The Morgan fingerprint density at radius 2 is 1.96 bits per heavy atom. The Morgan fingerprint density at radius 3 is 2.71 bits per heavy atom. The van der Waals surface area contributed by atoms with Crippen LogP contribution in [-0.2, 0) is 9.53 Å². The third-order valence-corrected chi connectivity index (χ3v) is 3.89. The molecule has 1 amide bonds. The number of Topliss-reactive ketones (excluding diaryl/α,β-unsaturated/α-hetero) is 1. The number of rotatable bonds is 4. The molecule has 0 saturated heterocycles. The van der Waals surface area contributed by atoms with Crippen LogP contribution in [0.5, 0.6) is 0 Å². The van der Waals surface area contributed by atoms with Crippen molar-refractivity contribution in [2.45, 2.75) is 12.8 Å². The van der Waals surface area contributed by atoms with Gasteiger partial charge in [0, 0.05) is 11.3 Å². The summed E-state index contributed by atoms with van der Waals surface area (Å²) in [5, 5.41) is 2.72. The molecular weight excluding hydrogens is 313 g/mol. The zero-order valence-electron chi connectivity index (χ0n) is 12.8. The third kappa shape index (κ3) is 3.03. The third-order valence-electron chi connectivity index (χ3n) is 3.89. The number of anilines is 1. The lowest BCUT2D eigenvalue weighted by molar-refractivity contribution is -0.116. The van der Waals surface area contributed by atoms with Crippen LogP contribution < -0.4 is 5.32 Å². The van der Waals surface area contributed by atoms with E-state index < -0.39 is 24.2 Å². The van der Waals surface area contributed by atoms with E-state index in [0.717, 1.165) is 11.6 Å². The van der Waals surface area contributed by atoms with Crippen LogP contribution in [0.15, 0.2) is 42.5 Å². The minimum atomic E-state index is -0.769. The van der Waals surface area contributed by atoms with Gasteiger partial charge < -0.3 is 10.1 Å². The smallest absolute Gasteiger partial charge is 0.338 e. The Hall–Kier alpha value is -3.02. The highest BCUT2D eigenvalue weighted by atomic mass is 19.1. The van der Waals surface area contributed by atoms with Crippen molar-refractivity contribution in [3.63, 3.8) is 0 Å². The molecule has 0 fully saturated rings. The van der Waals surface area contributed by atoms with Crippen molar-refractivity contribution in [1.82, 2.24) is 0 Å². The molecule has 0 saturated carbocycles. The van der Waals surface area contributed by atoms with Crippen molar-refractivity contribution in [3.8, 4) is 0 Å². The summed E-state index contributed by atoms with van der Waals surface area (Å²) in [5.41, 5.74) is 1.81. The number of amides is 1. The average Bonchev–Trinajstić information content (AvgIpc) is 2.86. The number of esters is 1. The van der Waals surface area contributed by atoms with Gasteiger partial charge in [-0.3, -0.25) is 9.59 Å². The van der Waals surface area contributed by atoms with Crippen molar-refractivity contribution in [1.29, 1.82) is 0 Å². The summed E-state index contributed by atoms with van der Waals surface area (Å²) < 4.78 is 18.0. The van der Waals surface area contributed by atoms with E-state index in [4.69, 9.17) is 4.74 Å². The standard InChI is InChI=1S/C18H14FNO4/c1-10-14-8-11(5-6-15(14)20-17(10)22)16(21)9-24-18(23)12-3-2-4-13(19)7-12/h2-8,10H,9H2,1H3,(H,20,22)/t10-/m0/s1. The second-order valence-electron chi connectivity index (χ2n) is 5.52. The molecule has 0 aromatic heterocycles. The van der Waals surface area contributed by atoms with E-state index >= 15 is 0 Å². The predicted molar refractivity (Wildman–Crippen MR) is 84.5 cm³/mol. The van der Waals surface area contributed by atoms with E-state index in [1.165, 1.54) is 18.2 Å². The molecule has 24 heavy (non-hydrogen) atoms. The van der Waals surface area contributed by atoms with E-state index in [9.17, 15) is 18.8 Å². The fraction of sp³-hybridized carbons (Fsp3) is 0.167. The number of ether oxygens (including phenoxy) is 1. The first-order valence-electron chi connectivity index (χ1n) is 7.36. The van der Waals surface area contributed by atoms with Crippen molar-refractivity contribution in [3.05, 3.63) is 65.0 Å². The molecule has 0 radical (unpaired) electrons. The van der Waals surface area contributed by atoms with Crippen molar-refractivity contribution < 1.29 is 23.5 Å². The highest BCUT2D eigenvalue weighted by Crippen LogP contribution is 2.32. The van der Waals surface area contributed by atoms with Crippen LogP contribution in [0.4, 0.5) is 10.1 Å². The fourth-order valence-corrected chi connectivity index (χ4v) is 2.50. The van der Waals surface area contributed by atoms with Crippen LogP contribution in [0.3, 0.4) is 0 Å². The van der Waals surface area contributed by atoms with Gasteiger partial charge in [-0.25, -0.2) is 9.18 Å². The zero-order chi connectivity index (χ0) is 17.3. The van der Waals surface area contributed by atoms with Gasteiger partial charge in [0.25, 0.3) is 0 Å². The minimum Gasteiger partial charge on any atom is -0.454 e. The summed E-state index contributed by atoms with van der Waals surface area (Å²) in [4.78, 5) is 35.6. The molecule has 2 aromatic carbocycles. The van der Waals surface area contributed by atoms with Gasteiger partial charge >= 0.3 is 5.97 Å². The Labute approximate surface area is 137 Å². The van der Waals surface area contributed by atoms with E-state index in [1.54, 1.807) is 25.1 Å². The Morgan fingerprint density at radius 1 is 1.17 bits per heavy atom. The Kier molecular flexibility index (Phi) is 4.12. The lowest BCUT2D eigenvalue weighted by Crippen LogP contribution is -2.14. The molecule has 1 aliphatic rings. The number of ketones is 1. The van der Waals surface area contributed by atoms with Crippen molar-refractivity contribution in [2.75, 3.05) is 11.9 Å². The SMILES string of the molecule is C[C@@H]1C(=O)Nc2ccc(C(=O)COC(=O)c3cccc(F)c3)cc21. The van der Waals surface area contributed by atoms with Gasteiger partial charge in [-0.1, -0.05) is 6.07 Å². The van der Waals surface area contributed by atoms with Crippen LogP contribution in [0, 0.1) is 5.82 Å². The number of hydrogen-bond acceptors (Lipinski definition) is 4. The average molecular weight is 327 g/mol. The van der Waals surface area contributed by atoms with E-state index in [0.29, 0.717) is 11.3 Å². The molecule has 6 heteroatoms. The summed E-state index contributed by atoms with van der Waals surface area (Å²) in [7, 11) is 0. The monoisotopic (exact) mass is 327 g/mol. The summed E-state index contributed by atoms with van der Waals surface area (Å²) in [6, 6.07) is 9.89. The van der Waals surface area contributed by atoms with Gasteiger partial charge in [0.05, 0.1) is 11.5 Å². The number of nitrogens with one attached hydrogen (secondary N) is 1. The number of benzene rings is 2. The molecule has 3 rings (SSSR count). The van der Waals surface area contributed by atoms with Gasteiger partial charge in [0.2, 0.25) is 5.91 Å². The van der Waals surface area contributed by atoms with E-state index in [-0.39, 0.29) is 17.4 Å². The first-order valence-corrected chi connectivity index (χ1v) is 7.36. The van der Waals surface area contributed by atoms with E-state index in [2.05, 4.69) is 5.32 Å². The number of fused-ring (bicyclic) bond motifs is 1. The first kappa shape index (κ1) is 15.9. The number of hydrogen-bond donors (Lipinski definition) is 1. The molecule has 0 unspecified atom stereocenters. The summed E-state index contributed by atoms with van der Waals surface area (Å²) in [6.07, 6.45) is 0. The van der Waals surface area contributed by atoms with Crippen LogP contribution in [0.25, 0.3) is 0 Å². The highest BCUT2D eigenvalue weighted by Gasteiger charge is 2.27. The summed E-state index contributed by atoms with van der Waals surface area (Å²) >= 11 is 0. The zero-order valence-corrected chi connectivity index (χ0v) is 12.8. The van der Waals surface area contributed by atoms with E-state index in [1.807, 2.05) is 0 Å². The maximum absolute atomic E-state index is 13.1. The quantitative estimate of drug-likeness (QED) is 0.692. The molecular formula is C18H14FNO4. The topological polar surface area (TPSA) is 72.5 Å². The first-order chi connectivity index (χ1) is 11.5. The molecule has 0 aliphatic carbocycles. The molecule has 5 nitrogen and oxygen atoms in total. The van der Waals surface area contributed by atoms with Gasteiger partial charge in [-0.15, -0.1) is 0 Å². The van der Waals surface area contributed by atoms with Gasteiger partial charge in [-0.2, -0.15) is 0 Å². The van der Waals surface area contributed by atoms with Crippen molar-refractivity contribution in [2.24, 2.45) is 0 Å². The van der Waals surface area contributed by atoms with Crippen molar-refractivity contribution >= 4 is 23.3 Å². The lowest BCUT2D eigenvalue weighted by Gasteiger charge is -2.07.